The number of aromatic nitrogens is 1. The van der Waals surface area contributed by atoms with Crippen LogP contribution in [0.25, 0.3) is 0 Å². The highest BCUT2D eigenvalue weighted by Gasteiger charge is 2.33. The SMILES string of the molecule is Fc1cncc(C2(F)CCCNCC2)c1. The molecule has 0 saturated carbocycles. The van der Waals surface area contributed by atoms with Crippen LogP contribution in [0.3, 0.4) is 0 Å². The Kier molecular flexibility index (Phi) is 2.95. The zero-order valence-corrected chi connectivity index (χ0v) is 8.47. The van der Waals surface area contributed by atoms with Crippen LogP contribution in [0, 0.1) is 5.82 Å². The number of hydrogen-bond donors (Lipinski definition) is 1. The van der Waals surface area contributed by atoms with E-state index in [-0.39, 0.29) is 0 Å². The molecule has 0 amide bonds. The Morgan fingerprint density at radius 1 is 1.27 bits per heavy atom. The van der Waals surface area contributed by atoms with E-state index in [1.807, 2.05) is 0 Å². The molecule has 1 N–H and O–H groups in total. The second kappa shape index (κ2) is 4.23. The molecule has 0 aromatic carbocycles. The third kappa shape index (κ3) is 2.31. The summed E-state index contributed by atoms with van der Waals surface area (Å²) in [7, 11) is 0. The van der Waals surface area contributed by atoms with Crippen molar-refractivity contribution in [3.05, 3.63) is 29.8 Å². The van der Waals surface area contributed by atoms with Gasteiger partial charge < -0.3 is 5.32 Å². The Hall–Kier alpha value is -1.03. The lowest BCUT2D eigenvalue weighted by Crippen LogP contribution is -2.22. The van der Waals surface area contributed by atoms with Crippen molar-refractivity contribution in [1.82, 2.24) is 10.3 Å². The van der Waals surface area contributed by atoms with Gasteiger partial charge in [0.1, 0.15) is 11.5 Å². The molecule has 1 aliphatic rings. The molecule has 2 nitrogen and oxygen atoms in total. The predicted molar refractivity (Wildman–Crippen MR) is 53.7 cm³/mol. The predicted octanol–water partition coefficient (Wildman–Crippen LogP) is 2.16. The number of nitrogens with one attached hydrogen (secondary N) is 1. The zero-order valence-electron chi connectivity index (χ0n) is 8.47. The van der Waals surface area contributed by atoms with Gasteiger partial charge in [-0.15, -0.1) is 0 Å². The molecule has 1 fully saturated rings. The molecule has 0 aliphatic carbocycles. The van der Waals surface area contributed by atoms with E-state index < -0.39 is 11.5 Å². The molecule has 0 spiro atoms. The summed E-state index contributed by atoms with van der Waals surface area (Å²) in [6.45, 7) is 1.46. The molecule has 1 saturated heterocycles. The summed E-state index contributed by atoms with van der Waals surface area (Å²) >= 11 is 0. The number of halogens is 2. The van der Waals surface area contributed by atoms with Crippen LogP contribution in [0.15, 0.2) is 18.5 Å². The van der Waals surface area contributed by atoms with Gasteiger partial charge in [-0.25, -0.2) is 8.78 Å². The van der Waals surface area contributed by atoms with Crippen molar-refractivity contribution in [3.8, 4) is 0 Å². The van der Waals surface area contributed by atoms with Gasteiger partial charge in [-0.2, -0.15) is 0 Å². The highest BCUT2D eigenvalue weighted by atomic mass is 19.1. The van der Waals surface area contributed by atoms with Crippen molar-refractivity contribution in [1.29, 1.82) is 0 Å². The van der Waals surface area contributed by atoms with Gasteiger partial charge in [0.05, 0.1) is 6.20 Å². The molecule has 0 radical (unpaired) electrons. The Balaban J connectivity index is 2.26. The van der Waals surface area contributed by atoms with E-state index in [0.717, 1.165) is 19.2 Å². The second-order valence-corrected chi connectivity index (χ2v) is 3.96. The average molecular weight is 212 g/mol. The lowest BCUT2D eigenvalue weighted by atomic mass is 9.90. The van der Waals surface area contributed by atoms with Crippen molar-refractivity contribution >= 4 is 0 Å². The van der Waals surface area contributed by atoms with Gasteiger partial charge >= 0.3 is 0 Å². The fourth-order valence-corrected chi connectivity index (χ4v) is 1.98. The van der Waals surface area contributed by atoms with Gasteiger partial charge in [-0.05, 0) is 38.4 Å². The average Bonchev–Trinajstić information content (AvgIpc) is 2.44. The monoisotopic (exact) mass is 212 g/mol. The first-order valence-corrected chi connectivity index (χ1v) is 5.21. The lowest BCUT2D eigenvalue weighted by molar-refractivity contribution is 0.144. The maximum Gasteiger partial charge on any atom is 0.141 e. The molecule has 2 rings (SSSR count). The molecule has 0 bridgehead atoms. The lowest BCUT2D eigenvalue weighted by Gasteiger charge is -2.23. The number of pyridine rings is 1. The molecule has 4 heteroatoms. The minimum absolute atomic E-state index is 0.367. The van der Waals surface area contributed by atoms with Crippen LogP contribution in [0.5, 0.6) is 0 Å². The van der Waals surface area contributed by atoms with E-state index in [2.05, 4.69) is 10.3 Å². The minimum Gasteiger partial charge on any atom is -0.317 e. The summed E-state index contributed by atoms with van der Waals surface area (Å²) in [5.74, 6) is -0.471. The quantitative estimate of drug-likeness (QED) is 0.771. The maximum absolute atomic E-state index is 14.5. The van der Waals surface area contributed by atoms with Crippen LogP contribution in [-0.4, -0.2) is 18.1 Å². The van der Waals surface area contributed by atoms with E-state index in [1.54, 1.807) is 0 Å². The number of alkyl halides is 1. The van der Waals surface area contributed by atoms with Crippen LogP contribution in [0.4, 0.5) is 8.78 Å². The molecule has 15 heavy (non-hydrogen) atoms. The van der Waals surface area contributed by atoms with Gasteiger partial charge in [-0.1, -0.05) is 0 Å². The van der Waals surface area contributed by atoms with Crippen molar-refractivity contribution < 1.29 is 8.78 Å². The summed E-state index contributed by atoms with van der Waals surface area (Å²) in [5.41, 5.74) is -1.05. The van der Waals surface area contributed by atoms with Crippen LogP contribution >= 0.6 is 0 Å². The van der Waals surface area contributed by atoms with Gasteiger partial charge in [-0.3, -0.25) is 4.98 Å². The zero-order chi connectivity index (χ0) is 10.7. The van der Waals surface area contributed by atoms with Crippen molar-refractivity contribution in [2.24, 2.45) is 0 Å². The molecule has 1 atom stereocenters. The van der Waals surface area contributed by atoms with Crippen LogP contribution < -0.4 is 5.32 Å². The van der Waals surface area contributed by atoms with Crippen LogP contribution in [-0.2, 0) is 5.67 Å². The molecule has 1 aliphatic heterocycles. The van der Waals surface area contributed by atoms with E-state index in [9.17, 15) is 8.78 Å². The third-order valence-corrected chi connectivity index (χ3v) is 2.85. The first-order chi connectivity index (χ1) is 7.21. The Labute approximate surface area is 87.7 Å². The minimum atomic E-state index is -1.42. The first kappa shape index (κ1) is 10.5. The van der Waals surface area contributed by atoms with E-state index in [1.165, 1.54) is 12.3 Å². The molecule has 2 heterocycles. The van der Waals surface area contributed by atoms with E-state index >= 15 is 0 Å². The van der Waals surface area contributed by atoms with Gasteiger partial charge in [0.15, 0.2) is 0 Å². The second-order valence-electron chi connectivity index (χ2n) is 3.96. The third-order valence-electron chi connectivity index (χ3n) is 2.85. The Morgan fingerprint density at radius 3 is 2.93 bits per heavy atom. The fourth-order valence-electron chi connectivity index (χ4n) is 1.98. The molecule has 1 aromatic rings. The molecular weight excluding hydrogens is 198 g/mol. The Bertz CT molecular complexity index is 333. The van der Waals surface area contributed by atoms with Gasteiger partial charge in [0, 0.05) is 11.8 Å². The van der Waals surface area contributed by atoms with Crippen molar-refractivity contribution in [2.45, 2.75) is 24.9 Å². The molecule has 82 valence electrons. The standard InChI is InChI=1S/C11H14F2N2/c12-10-6-9(7-15-8-10)11(13)2-1-4-14-5-3-11/h6-8,14H,1-5H2. The molecule has 1 aromatic heterocycles. The van der Waals surface area contributed by atoms with E-state index in [0.29, 0.717) is 24.9 Å². The molecule has 1 unspecified atom stereocenters. The Morgan fingerprint density at radius 2 is 2.13 bits per heavy atom. The van der Waals surface area contributed by atoms with E-state index in [4.69, 9.17) is 0 Å². The molecular formula is C11H14F2N2. The smallest absolute Gasteiger partial charge is 0.141 e. The van der Waals surface area contributed by atoms with Crippen LogP contribution in [0.1, 0.15) is 24.8 Å². The largest absolute Gasteiger partial charge is 0.317 e. The summed E-state index contributed by atoms with van der Waals surface area (Å²) in [5, 5.41) is 3.13. The van der Waals surface area contributed by atoms with Crippen molar-refractivity contribution in [2.75, 3.05) is 13.1 Å². The normalized spacial score (nSPS) is 27.3. The number of hydrogen-bond acceptors (Lipinski definition) is 2. The van der Waals surface area contributed by atoms with Gasteiger partial charge in [0.25, 0.3) is 0 Å². The summed E-state index contributed by atoms with van der Waals surface area (Å²) < 4.78 is 27.4. The summed E-state index contributed by atoms with van der Waals surface area (Å²) in [6, 6.07) is 1.25. The summed E-state index contributed by atoms with van der Waals surface area (Å²) in [4.78, 5) is 3.70. The highest BCUT2D eigenvalue weighted by molar-refractivity contribution is 5.19. The summed E-state index contributed by atoms with van der Waals surface area (Å²) in [6.07, 6.45) is 4.12. The topological polar surface area (TPSA) is 24.9 Å². The maximum atomic E-state index is 14.5. The number of rotatable bonds is 1. The van der Waals surface area contributed by atoms with Crippen molar-refractivity contribution in [3.63, 3.8) is 0 Å². The van der Waals surface area contributed by atoms with Gasteiger partial charge in [0.2, 0.25) is 0 Å². The first-order valence-electron chi connectivity index (χ1n) is 5.21. The van der Waals surface area contributed by atoms with Crippen LogP contribution in [0.2, 0.25) is 0 Å². The highest BCUT2D eigenvalue weighted by Crippen LogP contribution is 2.35. The number of nitrogens with zero attached hydrogens (tertiary/aromatic N) is 1. The fraction of sp³-hybridized carbons (Fsp3) is 0.545.